The van der Waals surface area contributed by atoms with Gasteiger partial charge >= 0.3 is 0 Å². The molecule has 2 rings (SSSR count). The van der Waals surface area contributed by atoms with Gasteiger partial charge in [0.25, 0.3) is 5.91 Å². The van der Waals surface area contributed by atoms with Crippen LogP contribution in [0, 0.1) is 5.92 Å². The zero-order chi connectivity index (χ0) is 12.1. The Morgan fingerprint density at radius 2 is 2.12 bits per heavy atom. The lowest BCUT2D eigenvalue weighted by Crippen LogP contribution is -2.40. The quantitative estimate of drug-likeness (QED) is 0.612. The second-order valence-corrected chi connectivity index (χ2v) is 4.50. The highest BCUT2D eigenvalue weighted by molar-refractivity contribution is 6.39. The fraction of sp³-hybridized carbons (Fsp3) is 0.727. The van der Waals surface area contributed by atoms with E-state index in [4.69, 9.17) is 0 Å². The Labute approximate surface area is 100 Å². The minimum Gasteiger partial charge on any atom is -0.351 e. The molecule has 0 aromatic rings. The van der Waals surface area contributed by atoms with Gasteiger partial charge in [-0.15, -0.1) is 0 Å². The Morgan fingerprint density at radius 1 is 1.35 bits per heavy atom. The van der Waals surface area contributed by atoms with Crippen LogP contribution in [0.3, 0.4) is 0 Å². The molecule has 0 bridgehead atoms. The van der Waals surface area contributed by atoms with Gasteiger partial charge in [-0.1, -0.05) is 0 Å². The predicted molar refractivity (Wildman–Crippen MR) is 63.4 cm³/mol. The molecule has 0 atom stereocenters. The van der Waals surface area contributed by atoms with Crippen molar-refractivity contribution in [1.82, 2.24) is 16.1 Å². The molecule has 94 valence electrons. The summed E-state index contributed by atoms with van der Waals surface area (Å²) in [5, 5.41) is 9.94. The van der Waals surface area contributed by atoms with Gasteiger partial charge in [-0.25, -0.2) is 5.43 Å². The van der Waals surface area contributed by atoms with Crippen molar-refractivity contribution in [2.24, 2.45) is 11.0 Å². The van der Waals surface area contributed by atoms with Crippen LogP contribution in [0.1, 0.15) is 25.7 Å². The van der Waals surface area contributed by atoms with Gasteiger partial charge in [0.15, 0.2) is 0 Å². The Bertz CT molecular complexity index is 334. The average Bonchev–Trinajstić information content (AvgIpc) is 2.38. The number of nitrogens with one attached hydrogen (secondary N) is 3. The summed E-state index contributed by atoms with van der Waals surface area (Å²) < 4.78 is 0. The maximum atomic E-state index is 11.7. The summed E-state index contributed by atoms with van der Waals surface area (Å²) in [7, 11) is 0. The topological polar surface area (TPSA) is 82.6 Å². The fourth-order valence-electron chi connectivity index (χ4n) is 2.06. The van der Waals surface area contributed by atoms with E-state index in [1.54, 1.807) is 0 Å². The maximum absolute atomic E-state index is 11.7. The van der Waals surface area contributed by atoms with Crippen molar-refractivity contribution in [3.05, 3.63) is 0 Å². The van der Waals surface area contributed by atoms with Crippen LogP contribution in [0.25, 0.3) is 0 Å². The van der Waals surface area contributed by atoms with Crippen LogP contribution in [-0.2, 0) is 9.59 Å². The Morgan fingerprint density at radius 3 is 2.76 bits per heavy atom. The molecule has 0 spiro atoms. The second-order valence-electron chi connectivity index (χ2n) is 4.50. The third-order valence-corrected chi connectivity index (χ3v) is 3.18. The summed E-state index contributed by atoms with van der Waals surface area (Å²) in [5.74, 6) is 0.280. The Kier molecular flexibility index (Phi) is 4.08. The summed E-state index contributed by atoms with van der Waals surface area (Å²) in [6.45, 7) is 2.75. The number of hydrogen-bond acceptors (Lipinski definition) is 4. The Balaban J connectivity index is 1.75. The molecular weight excluding hydrogens is 220 g/mol. The van der Waals surface area contributed by atoms with Gasteiger partial charge < -0.3 is 10.6 Å². The van der Waals surface area contributed by atoms with Crippen LogP contribution in [0.2, 0.25) is 0 Å². The molecule has 0 saturated carbocycles. The molecule has 2 amide bonds. The standard InChI is InChI=1S/C11H18N4O2/c16-10-2-1-9(14-15-10)11(17)13-7-8-3-5-12-6-4-8/h8,12H,1-7H2,(H,13,17)(H,15,16). The molecule has 0 aliphatic carbocycles. The van der Waals surface area contributed by atoms with Crippen molar-refractivity contribution in [2.45, 2.75) is 25.7 Å². The molecule has 1 fully saturated rings. The van der Waals surface area contributed by atoms with E-state index in [9.17, 15) is 9.59 Å². The summed E-state index contributed by atoms with van der Waals surface area (Å²) >= 11 is 0. The lowest BCUT2D eigenvalue weighted by Gasteiger charge is -2.23. The predicted octanol–water partition coefficient (Wildman–Crippen LogP) is -0.632. The largest absolute Gasteiger partial charge is 0.351 e. The molecule has 0 radical (unpaired) electrons. The average molecular weight is 238 g/mol. The number of piperidine rings is 1. The van der Waals surface area contributed by atoms with Crippen LogP contribution in [-0.4, -0.2) is 37.2 Å². The van der Waals surface area contributed by atoms with Crippen molar-refractivity contribution in [3.63, 3.8) is 0 Å². The second kappa shape index (κ2) is 5.77. The first-order valence-corrected chi connectivity index (χ1v) is 6.10. The first-order chi connectivity index (χ1) is 8.25. The third kappa shape index (κ3) is 3.52. The number of amides is 2. The Hall–Kier alpha value is -1.43. The van der Waals surface area contributed by atoms with Gasteiger partial charge in [-0.05, 0) is 31.8 Å². The highest BCUT2D eigenvalue weighted by Crippen LogP contribution is 2.10. The van der Waals surface area contributed by atoms with E-state index in [2.05, 4.69) is 21.2 Å². The van der Waals surface area contributed by atoms with E-state index in [1.165, 1.54) is 0 Å². The van der Waals surface area contributed by atoms with E-state index in [0.717, 1.165) is 25.9 Å². The third-order valence-electron chi connectivity index (χ3n) is 3.18. The lowest BCUT2D eigenvalue weighted by molar-refractivity contribution is -0.121. The normalized spacial score (nSPS) is 21.6. The first kappa shape index (κ1) is 12.0. The van der Waals surface area contributed by atoms with Crippen molar-refractivity contribution in [1.29, 1.82) is 0 Å². The zero-order valence-corrected chi connectivity index (χ0v) is 9.79. The van der Waals surface area contributed by atoms with Gasteiger partial charge in [0, 0.05) is 19.4 Å². The molecule has 17 heavy (non-hydrogen) atoms. The van der Waals surface area contributed by atoms with Crippen molar-refractivity contribution in [3.8, 4) is 0 Å². The van der Waals surface area contributed by atoms with Crippen LogP contribution in [0.5, 0.6) is 0 Å². The number of rotatable bonds is 3. The van der Waals surface area contributed by atoms with Crippen LogP contribution in [0.15, 0.2) is 5.10 Å². The SMILES string of the molecule is O=C1CCC(C(=O)NCC2CCNCC2)=NN1. The minimum atomic E-state index is -0.150. The lowest BCUT2D eigenvalue weighted by atomic mass is 9.98. The number of carbonyl (C=O) groups excluding carboxylic acids is 2. The first-order valence-electron chi connectivity index (χ1n) is 6.10. The highest BCUT2D eigenvalue weighted by Gasteiger charge is 2.19. The molecule has 2 aliphatic heterocycles. The van der Waals surface area contributed by atoms with Crippen molar-refractivity contribution < 1.29 is 9.59 Å². The van der Waals surface area contributed by atoms with Gasteiger partial charge in [-0.2, -0.15) is 5.10 Å². The number of carbonyl (C=O) groups is 2. The van der Waals surface area contributed by atoms with E-state index in [1.807, 2.05) is 0 Å². The van der Waals surface area contributed by atoms with Gasteiger partial charge in [0.2, 0.25) is 5.91 Å². The zero-order valence-electron chi connectivity index (χ0n) is 9.79. The molecule has 6 heteroatoms. The van der Waals surface area contributed by atoms with E-state index >= 15 is 0 Å². The number of hydrogen-bond donors (Lipinski definition) is 3. The number of hydrazone groups is 1. The van der Waals surface area contributed by atoms with Crippen molar-refractivity contribution in [2.75, 3.05) is 19.6 Å². The van der Waals surface area contributed by atoms with E-state index < -0.39 is 0 Å². The minimum absolute atomic E-state index is 0.125. The van der Waals surface area contributed by atoms with Crippen LogP contribution in [0.4, 0.5) is 0 Å². The van der Waals surface area contributed by atoms with E-state index in [0.29, 0.717) is 31.0 Å². The van der Waals surface area contributed by atoms with Crippen LogP contribution >= 0.6 is 0 Å². The van der Waals surface area contributed by atoms with Gasteiger partial charge in [0.05, 0.1) is 0 Å². The molecule has 0 unspecified atom stereocenters. The summed E-state index contributed by atoms with van der Waals surface area (Å²) in [6, 6.07) is 0. The summed E-state index contributed by atoms with van der Waals surface area (Å²) in [6.07, 6.45) is 2.98. The number of nitrogens with zero attached hydrogens (tertiary/aromatic N) is 1. The van der Waals surface area contributed by atoms with Gasteiger partial charge in [-0.3, -0.25) is 9.59 Å². The smallest absolute Gasteiger partial charge is 0.267 e. The molecule has 0 aromatic heterocycles. The maximum Gasteiger partial charge on any atom is 0.267 e. The summed E-state index contributed by atoms with van der Waals surface area (Å²) in [4.78, 5) is 22.6. The molecule has 1 saturated heterocycles. The molecule has 3 N–H and O–H groups in total. The summed E-state index contributed by atoms with van der Waals surface area (Å²) in [5.41, 5.74) is 2.76. The van der Waals surface area contributed by atoms with Crippen LogP contribution < -0.4 is 16.1 Å². The fourth-order valence-corrected chi connectivity index (χ4v) is 2.06. The molecular formula is C11H18N4O2. The molecule has 0 aromatic carbocycles. The molecule has 6 nitrogen and oxygen atoms in total. The monoisotopic (exact) mass is 238 g/mol. The van der Waals surface area contributed by atoms with Gasteiger partial charge in [0.1, 0.15) is 5.71 Å². The highest BCUT2D eigenvalue weighted by atomic mass is 16.2. The molecule has 2 aliphatic rings. The van der Waals surface area contributed by atoms with E-state index in [-0.39, 0.29) is 11.8 Å². The van der Waals surface area contributed by atoms with Crippen molar-refractivity contribution >= 4 is 17.5 Å². The molecule has 2 heterocycles.